The second-order valence-corrected chi connectivity index (χ2v) is 5.10. The molecule has 1 saturated heterocycles. The van der Waals surface area contributed by atoms with Gasteiger partial charge in [0.2, 0.25) is 0 Å². The van der Waals surface area contributed by atoms with E-state index < -0.39 is 5.60 Å². The SMILES string of the molecule is C[C@@]1(C(=O)NCCCc2ccccc2)CNCCO1. The summed E-state index contributed by atoms with van der Waals surface area (Å²) in [6.07, 6.45) is 1.93. The van der Waals surface area contributed by atoms with Crippen LogP contribution in [0.5, 0.6) is 0 Å². The van der Waals surface area contributed by atoms with Gasteiger partial charge in [0, 0.05) is 19.6 Å². The molecular formula is C15H22N2O2. The van der Waals surface area contributed by atoms with E-state index in [1.165, 1.54) is 5.56 Å². The van der Waals surface area contributed by atoms with E-state index in [4.69, 9.17) is 4.74 Å². The molecule has 0 aromatic heterocycles. The van der Waals surface area contributed by atoms with E-state index in [0.717, 1.165) is 19.4 Å². The van der Waals surface area contributed by atoms with Crippen LogP contribution in [0.1, 0.15) is 18.9 Å². The fourth-order valence-corrected chi connectivity index (χ4v) is 2.20. The van der Waals surface area contributed by atoms with Crippen LogP contribution in [-0.2, 0) is 16.0 Å². The van der Waals surface area contributed by atoms with E-state index in [9.17, 15) is 4.79 Å². The number of nitrogens with one attached hydrogen (secondary N) is 2. The molecule has 2 N–H and O–H groups in total. The van der Waals surface area contributed by atoms with Crippen molar-refractivity contribution in [3.8, 4) is 0 Å². The number of hydrogen-bond acceptors (Lipinski definition) is 3. The van der Waals surface area contributed by atoms with Crippen LogP contribution in [0, 0.1) is 0 Å². The molecule has 4 nitrogen and oxygen atoms in total. The van der Waals surface area contributed by atoms with Crippen LogP contribution in [0.3, 0.4) is 0 Å². The lowest BCUT2D eigenvalue weighted by Gasteiger charge is -2.32. The molecule has 0 bridgehead atoms. The Balaban J connectivity index is 1.69. The summed E-state index contributed by atoms with van der Waals surface area (Å²) >= 11 is 0. The lowest BCUT2D eigenvalue weighted by atomic mass is 10.0. The highest BCUT2D eigenvalue weighted by Crippen LogP contribution is 2.12. The summed E-state index contributed by atoms with van der Waals surface area (Å²) in [5.41, 5.74) is 0.587. The average molecular weight is 262 g/mol. The van der Waals surface area contributed by atoms with Gasteiger partial charge in [0.05, 0.1) is 6.61 Å². The van der Waals surface area contributed by atoms with E-state index in [0.29, 0.717) is 19.7 Å². The Morgan fingerprint density at radius 2 is 2.21 bits per heavy atom. The Hall–Kier alpha value is -1.39. The molecule has 0 saturated carbocycles. The van der Waals surface area contributed by atoms with E-state index in [2.05, 4.69) is 22.8 Å². The van der Waals surface area contributed by atoms with E-state index in [-0.39, 0.29) is 5.91 Å². The van der Waals surface area contributed by atoms with Crippen molar-refractivity contribution >= 4 is 5.91 Å². The fraction of sp³-hybridized carbons (Fsp3) is 0.533. The highest BCUT2D eigenvalue weighted by molar-refractivity contribution is 5.85. The number of aryl methyl sites for hydroxylation is 1. The van der Waals surface area contributed by atoms with Crippen LogP contribution >= 0.6 is 0 Å². The Labute approximate surface area is 114 Å². The number of ether oxygens (including phenoxy) is 1. The zero-order valence-corrected chi connectivity index (χ0v) is 11.4. The maximum absolute atomic E-state index is 12.1. The topological polar surface area (TPSA) is 50.4 Å². The summed E-state index contributed by atoms with van der Waals surface area (Å²) in [4.78, 5) is 12.1. The first-order valence-corrected chi connectivity index (χ1v) is 6.88. The molecule has 104 valence electrons. The third kappa shape index (κ3) is 4.04. The largest absolute Gasteiger partial charge is 0.363 e. The predicted octanol–water partition coefficient (Wildman–Crippen LogP) is 1.11. The summed E-state index contributed by atoms with van der Waals surface area (Å²) < 4.78 is 5.57. The standard InChI is InChI=1S/C15H22N2O2/c1-15(12-16-10-11-19-15)14(18)17-9-5-8-13-6-3-2-4-7-13/h2-4,6-7,16H,5,8-12H2,1H3,(H,17,18)/t15-/m0/s1. The number of rotatable bonds is 5. The summed E-state index contributed by atoms with van der Waals surface area (Å²) in [5.74, 6) is -0.0206. The van der Waals surface area contributed by atoms with Crippen LogP contribution in [0.25, 0.3) is 0 Å². The summed E-state index contributed by atoms with van der Waals surface area (Å²) in [6, 6.07) is 10.3. The van der Waals surface area contributed by atoms with Gasteiger partial charge in [-0.1, -0.05) is 30.3 Å². The molecule has 1 fully saturated rings. The van der Waals surface area contributed by atoms with E-state index in [1.54, 1.807) is 0 Å². The molecule has 1 aromatic carbocycles. The zero-order chi connectivity index (χ0) is 13.6. The molecule has 1 aromatic rings. The normalized spacial score (nSPS) is 23.0. The van der Waals surface area contributed by atoms with Crippen molar-refractivity contribution in [3.63, 3.8) is 0 Å². The number of amides is 1. The highest BCUT2D eigenvalue weighted by atomic mass is 16.5. The molecular weight excluding hydrogens is 240 g/mol. The molecule has 1 aliphatic rings. The van der Waals surface area contributed by atoms with Crippen LogP contribution < -0.4 is 10.6 Å². The van der Waals surface area contributed by atoms with E-state index in [1.807, 2.05) is 25.1 Å². The molecule has 1 amide bonds. The van der Waals surface area contributed by atoms with Gasteiger partial charge in [-0.2, -0.15) is 0 Å². The van der Waals surface area contributed by atoms with Gasteiger partial charge in [-0.3, -0.25) is 4.79 Å². The summed E-state index contributed by atoms with van der Waals surface area (Å²) in [5, 5.41) is 6.15. The number of benzene rings is 1. The molecule has 2 rings (SSSR count). The van der Waals surface area contributed by atoms with Crippen molar-refractivity contribution in [3.05, 3.63) is 35.9 Å². The molecule has 0 aliphatic carbocycles. The van der Waals surface area contributed by atoms with Gasteiger partial charge in [-0.15, -0.1) is 0 Å². The molecule has 1 aliphatic heterocycles. The first-order chi connectivity index (χ1) is 9.21. The minimum atomic E-state index is -0.717. The maximum atomic E-state index is 12.1. The maximum Gasteiger partial charge on any atom is 0.253 e. The quantitative estimate of drug-likeness (QED) is 0.782. The van der Waals surface area contributed by atoms with Gasteiger partial charge < -0.3 is 15.4 Å². The fourth-order valence-electron chi connectivity index (χ4n) is 2.20. The predicted molar refractivity (Wildman–Crippen MR) is 75.0 cm³/mol. The van der Waals surface area contributed by atoms with Gasteiger partial charge in [0.25, 0.3) is 5.91 Å². The molecule has 4 heteroatoms. The lowest BCUT2D eigenvalue weighted by Crippen LogP contribution is -2.57. The minimum absolute atomic E-state index is 0.0206. The van der Waals surface area contributed by atoms with E-state index >= 15 is 0 Å². The van der Waals surface area contributed by atoms with Crippen LogP contribution in [0.15, 0.2) is 30.3 Å². The molecule has 0 spiro atoms. The number of morpholine rings is 1. The second-order valence-electron chi connectivity index (χ2n) is 5.10. The smallest absolute Gasteiger partial charge is 0.253 e. The van der Waals surface area contributed by atoms with Crippen LogP contribution in [-0.4, -0.2) is 37.7 Å². The van der Waals surface area contributed by atoms with Gasteiger partial charge in [-0.05, 0) is 25.3 Å². The van der Waals surface area contributed by atoms with Crippen molar-refractivity contribution in [2.75, 3.05) is 26.2 Å². The summed E-state index contributed by atoms with van der Waals surface area (Å²) in [7, 11) is 0. The van der Waals surface area contributed by atoms with Gasteiger partial charge in [0.1, 0.15) is 0 Å². The number of hydrogen-bond donors (Lipinski definition) is 2. The Morgan fingerprint density at radius 3 is 2.89 bits per heavy atom. The van der Waals surface area contributed by atoms with Crippen molar-refractivity contribution in [1.29, 1.82) is 0 Å². The first-order valence-electron chi connectivity index (χ1n) is 6.88. The Kier molecular flexibility index (Phi) is 4.93. The van der Waals surface area contributed by atoms with Gasteiger partial charge in [-0.25, -0.2) is 0 Å². The summed E-state index contributed by atoms with van der Waals surface area (Å²) in [6.45, 7) is 4.51. The lowest BCUT2D eigenvalue weighted by molar-refractivity contribution is -0.147. The zero-order valence-electron chi connectivity index (χ0n) is 11.4. The van der Waals surface area contributed by atoms with Crippen molar-refractivity contribution in [1.82, 2.24) is 10.6 Å². The molecule has 1 atom stereocenters. The average Bonchev–Trinajstić information content (AvgIpc) is 2.45. The van der Waals surface area contributed by atoms with Gasteiger partial charge in [0.15, 0.2) is 5.60 Å². The van der Waals surface area contributed by atoms with Crippen molar-refractivity contribution < 1.29 is 9.53 Å². The molecule has 0 radical (unpaired) electrons. The first kappa shape index (κ1) is 14.0. The Morgan fingerprint density at radius 1 is 1.42 bits per heavy atom. The second kappa shape index (κ2) is 6.68. The monoisotopic (exact) mass is 262 g/mol. The number of carbonyl (C=O) groups excluding carboxylic acids is 1. The Bertz CT molecular complexity index is 400. The molecule has 1 heterocycles. The number of carbonyl (C=O) groups is 1. The van der Waals surface area contributed by atoms with Gasteiger partial charge >= 0.3 is 0 Å². The third-order valence-corrected chi connectivity index (χ3v) is 3.41. The molecule has 0 unspecified atom stereocenters. The minimum Gasteiger partial charge on any atom is -0.363 e. The van der Waals surface area contributed by atoms with Crippen molar-refractivity contribution in [2.24, 2.45) is 0 Å². The van der Waals surface area contributed by atoms with Crippen molar-refractivity contribution in [2.45, 2.75) is 25.4 Å². The highest BCUT2D eigenvalue weighted by Gasteiger charge is 2.35. The van der Waals surface area contributed by atoms with Crippen LogP contribution in [0.2, 0.25) is 0 Å². The third-order valence-electron chi connectivity index (χ3n) is 3.41. The molecule has 19 heavy (non-hydrogen) atoms. The van der Waals surface area contributed by atoms with Crippen LogP contribution in [0.4, 0.5) is 0 Å².